The number of hydrogen-bond acceptors (Lipinski definition) is 4. The van der Waals surface area contributed by atoms with Crippen LogP contribution in [-0.4, -0.2) is 33.5 Å². The van der Waals surface area contributed by atoms with Gasteiger partial charge >= 0.3 is 0 Å². The normalized spacial score (nSPS) is 19.8. The predicted molar refractivity (Wildman–Crippen MR) is 47.1 cm³/mol. The lowest BCUT2D eigenvalue weighted by atomic mass is 10.0. The van der Waals surface area contributed by atoms with Gasteiger partial charge < -0.3 is 14.6 Å². The molecule has 5 nitrogen and oxygen atoms in total. The van der Waals surface area contributed by atoms with Crippen LogP contribution in [0.4, 0.5) is 0 Å². The van der Waals surface area contributed by atoms with Crippen molar-refractivity contribution < 1.29 is 4.74 Å². The van der Waals surface area contributed by atoms with Crippen molar-refractivity contribution in [3.8, 4) is 0 Å². The molecule has 0 aromatic carbocycles. The summed E-state index contributed by atoms with van der Waals surface area (Å²) in [6.07, 6.45) is 1.68. The van der Waals surface area contributed by atoms with Gasteiger partial charge in [-0.15, -0.1) is 10.2 Å². The number of ether oxygens (including phenoxy) is 1. The van der Waals surface area contributed by atoms with Crippen molar-refractivity contribution in [3.05, 3.63) is 12.2 Å². The summed E-state index contributed by atoms with van der Waals surface area (Å²) in [5.41, 5.74) is -0.00799. The molecule has 2 heterocycles. The second-order valence-electron chi connectivity index (χ2n) is 3.70. The van der Waals surface area contributed by atoms with E-state index in [4.69, 9.17) is 4.74 Å². The highest BCUT2D eigenvalue weighted by Crippen LogP contribution is 2.16. The third-order valence-electron chi connectivity index (χ3n) is 2.35. The van der Waals surface area contributed by atoms with Crippen LogP contribution in [0.1, 0.15) is 12.7 Å². The molecule has 2 rings (SSSR count). The standard InChI is InChI=1S/C8H14N4O/c1-8(4-9-5-8)13-3-7-11-10-6-12(7)2/h6,9H,3-5H2,1-2H3. The molecule has 1 aliphatic rings. The first-order valence-corrected chi connectivity index (χ1v) is 4.37. The average molecular weight is 182 g/mol. The number of aryl methyl sites for hydroxylation is 1. The quantitative estimate of drug-likeness (QED) is 0.697. The largest absolute Gasteiger partial charge is 0.365 e. The van der Waals surface area contributed by atoms with Crippen molar-refractivity contribution in [2.24, 2.45) is 7.05 Å². The highest BCUT2D eigenvalue weighted by molar-refractivity contribution is 4.91. The van der Waals surface area contributed by atoms with Crippen LogP contribution < -0.4 is 5.32 Å². The van der Waals surface area contributed by atoms with Gasteiger partial charge in [-0.05, 0) is 6.92 Å². The Morgan fingerprint density at radius 3 is 2.92 bits per heavy atom. The molecule has 0 unspecified atom stereocenters. The summed E-state index contributed by atoms with van der Waals surface area (Å²) in [4.78, 5) is 0. The summed E-state index contributed by atoms with van der Waals surface area (Å²) < 4.78 is 7.58. The van der Waals surface area contributed by atoms with Crippen molar-refractivity contribution in [1.82, 2.24) is 20.1 Å². The monoisotopic (exact) mass is 182 g/mol. The zero-order valence-electron chi connectivity index (χ0n) is 7.95. The van der Waals surface area contributed by atoms with Crippen LogP contribution in [0.3, 0.4) is 0 Å². The predicted octanol–water partition coefficient (Wildman–Crippen LogP) is -0.306. The summed E-state index contributed by atoms with van der Waals surface area (Å²) >= 11 is 0. The Bertz CT molecular complexity index is 292. The van der Waals surface area contributed by atoms with E-state index < -0.39 is 0 Å². The molecule has 1 aromatic rings. The highest BCUT2D eigenvalue weighted by atomic mass is 16.5. The van der Waals surface area contributed by atoms with E-state index in [1.807, 2.05) is 11.6 Å². The van der Waals surface area contributed by atoms with E-state index >= 15 is 0 Å². The second kappa shape index (κ2) is 3.08. The van der Waals surface area contributed by atoms with Crippen molar-refractivity contribution >= 4 is 0 Å². The number of hydrogen-bond donors (Lipinski definition) is 1. The molecule has 1 fully saturated rings. The van der Waals surface area contributed by atoms with Crippen LogP contribution in [0.15, 0.2) is 6.33 Å². The topological polar surface area (TPSA) is 52.0 Å². The number of rotatable bonds is 3. The van der Waals surface area contributed by atoms with E-state index in [2.05, 4.69) is 22.4 Å². The third kappa shape index (κ3) is 1.71. The molecule has 0 amide bonds. The number of nitrogens with zero attached hydrogens (tertiary/aromatic N) is 3. The molecular formula is C8H14N4O. The molecule has 5 heteroatoms. The van der Waals surface area contributed by atoms with Crippen LogP contribution in [-0.2, 0) is 18.4 Å². The maximum atomic E-state index is 5.70. The Morgan fingerprint density at radius 2 is 2.46 bits per heavy atom. The Kier molecular flexibility index (Phi) is 2.05. The SMILES string of the molecule is Cn1cnnc1COC1(C)CNC1. The lowest BCUT2D eigenvalue weighted by Crippen LogP contribution is -2.58. The lowest BCUT2D eigenvalue weighted by Gasteiger charge is -2.38. The Labute approximate surface area is 77.1 Å². The summed E-state index contributed by atoms with van der Waals surface area (Å²) in [5.74, 6) is 0.869. The van der Waals surface area contributed by atoms with Crippen LogP contribution in [0.5, 0.6) is 0 Å². The van der Waals surface area contributed by atoms with Gasteiger partial charge in [-0.2, -0.15) is 0 Å². The second-order valence-corrected chi connectivity index (χ2v) is 3.70. The molecule has 1 aliphatic heterocycles. The van der Waals surface area contributed by atoms with Gasteiger partial charge in [-0.25, -0.2) is 0 Å². The molecule has 72 valence electrons. The van der Waals surface area contributed by atoms with Crippen LogP contribution in [0.2, 0.25) is 0 Å². The molecule has 0 aliphatic carbocycles. The van der Waals surface area contributed by atoms with E-state index in [0.717, 1.165) is 18.9 Å². The molecule has 1 N–H and O–H groups in total. The van der Waals surface area contributed by atoms with Crippen molar-refractivity contribution in [2.45, 2.75) is 19.1 Å². The summed E-state index contributed by atoms with van der Waals surface area (Å²) in [5, 5.41) is 10.9. The van der Waals surface area contributed by atoms with Crippen LogP contribution >= 0.6 is 0 Å². The minimum Gasteiger partial charge on any atom is -0.365 e. The van der Waals surface area contributed by atoms with Gasteiger partial charge in [-0.1, -0.05) is 0 Å². The van der Waals surface area contributed by atoms with Crippen molar-refractivity contribution in [3.63, 3.8) is 0 Å². The Morgan fingerprint density at radius 1 is 1.69 bits per heavy atom. The van der Waals surface area contributed by atoms with Gasteiger partial charge in [0.25, 0.3) is 0 Å². The summed E-state index contributed by atoms with van der Waals surface area (Å²) in [6, 6.07) is 0. The molecule has 0 radical (unpaired) electrons. The maximum Gasteiger partial charge on any atom is 0.158 e. The van der Waals surface area contributed by atoms with E-state index in [-0.39, 0.29) is 5.60 Å². The lowest BCUT2D eigenvalue weighted by molar-refractivity contribution is -0.0796. The van der Waals surface area contributed by atoms with Crippen LogP contribution in [0, 0.1) is 0 Å². The summed E-state index contributed by atoms with van der Waals surface area (Å²) in [7, 11) is 1.92. The van der Waals surface area contributed by atoms with Gasteiger partial charge in [0, 0.05) is 20.1 Å². The molecule has 0 atom stereocenters. The molecule has 0 spiro atoms. The van der Waals surface area contributed by atoms with Gasteiger partial charge in [-0.3, -0.25) is 0 Å². The van der Waals surface area contributed by atoms with Gasteiger partial charge in [0.1, 0.15) is 12.9 Å². The van der Waals surface area contributed by atoms with Gasteiger partial charge in [0.15, 0.2) is 5.82 Å². The zero-order chi connectivity index (χ0) is 9.31. The first-order chi connectivity index (χ1) is 6.20. The fourth-order valence-corrected chi connectivity index (χ4v) is 1.26. The fraction of sp³-hybridized carbons (Fsp3) is 0.750. The molecule has 13 heavy (non-hydrogen) atoms. The average Bonchev–Trinajstić information content (AvgIpc) is 2.44. The molecule has 0 bridgehead atoms. The van der Waals surface area contributed by atoms with E-state index in [1.165, 1.54) is 0 Å². The first-order valence-electron chi connectivity index (χ1n) is 4.37. The fourth-order valence-electron chi connectivity index (χ4n) is 1.26. The first kappa shape index (κ1) is 8.65. The van der Waals surface area contributed by atoms with E-state index in [0.29, 0.717) is 6.61 Å². The number of nitrogens with one attached hydrogen (secondary N) is 1. The number of aromatic nitrogens is 3. The van der Waals surface area contributed by atoms with E-state index in [1.54, 1.807) is 6.33 Å². The summed E-state index contributed by atoms with van der Waals surface area (Å²) in [6.45, 7) is 4.48. The molecule has 1 saturated heterocycles. The smallest absolute Gasteiger partial charge is 0.158 e. The van der Waals surface area contributed by atoms with E-state index in [9.17, 15) is 0 Å². The van der Waals surface area contributed by atoms with Crippen LogP contribution in [0.25, 0.3) is 0 Å². The Balaban J connectivity index is 1.89. The van der Waals surface area contributed by atoms with Gasteiger partial charge in [0.2, 0.25) is 0 Å². The zero-order valence-corrected chi connectivity index (χ0v) is 7.95. The third-order valence-corrected chi connectivity index (χ3v) is 2.35. The maximum absolute atomic E-state index is 5.70. The van der Waals surface area contributed by atoms with Crippen molar-refractivity contribution in [2.75, 3.05) is 13.1 Å². The minimum absolute atomic E-state index is 0.00799. The highest BCUT2D eigenvalue weighted by Gasteiger charge is 2.32. The minimum atomic E-state index is -0.00799. The molecular weight excluding hydrogens is 168 g/mol. The van der Waals surface area contributed by atoms with Gasteiger partial charge in [0.05, 0.1) is 5.60 Å². The Hall–Kier alpha value is -0.940. The van der Waals surface area contributed by atoms with Crippen molar-refractivity contribution in [1.29, 1.82) is 0 Å². The molecule has 1 aromatic heterocycles. The molecule has 0 saturated carbocycles.